The highest BCUT2D eigenvalue weighted by atomic mass is 32.2. The monoisotopic (exact) mass is 223 g/mol. The van der Waals surface area contributed by atoms with Crippen molar-refractivity contribution in [3.05, 3.63) is 0 Å². The molecule has 1 N–H and O–H groups in total. The maximum Gasteiger partial charge on any atom is 0.152 e. The molecule has 14 heavy (non-hydrogen) atoms. The van der Waals surface area contributed by atoms with Crippen molar-refractivity contribution in [2.75, 3.05) is 32.6 Å². The van der Waals surface area contributed by atoms with Crippen molar-refractivity contribution in [3.63, 3.8) is 0 Å². The number of sulfone groups is 1. The number of methoxy groups -OCH3 is 1. The van der Waals surface area contributed by atoms with Gasteiger partial charge in [-0.3, -0.25) is 0 Å². The third-order valence-electron chi connectivity index (χ3n) is 1.98. The number of hydrogen-bond donors (Lipinski definition) is 1. The zero-order valence-electron chi connectivity index (χ0n) is 9.25. The Morgan fingerprint density at radius 2 is 1.93 bits per heavy atom. The molecule has 0 saturated heterocycles. The van der Waals surface area contributed by atoms with Crippen molar-refractivity contribution in [2.24, 2.45) is 0 Å². The molecule has 0 rings (SSSR count). The molecule has 0 aliphatic carbocycles. The third-order valence-corrected chi connectivity index (χ3v) is 4.28. The minimum Gasteiger partial charge on any atom is -0.383 e. The summed E-state index contributed by atoms with van der Waals surface area (Å²) in [4.78, 5) is 0. The van der Waals surface area contributed by atoms with E-state index in [4.69, 9.17) is 4.74 Å². The molecule has 0 bridgehead atoms. The van der Waals surface area contributed by atoms with Gasteiger partial charge in [0.2, 0.25) is 0 Å². The van der Waals surface area contributed by atoms with Crippen LogP contribution in [0, 0.1) is 0 Å². The predicted octanol–water partition coefficient (Wildman–Crippen LogP) is 0.436. The van der Waals surface area contributed by atoms with Gasteiger partial charge in [0.15, 0.2) is 9.84 Å². The second kappa shape index (κ2) is 7.20. The summed E-state index contributed by atoms with van der Waals surface area (Å²) in [5.74, 6) is 0.269. The van der Waals surface area contributed by atoms with Crippen molar-refractivity contribution in [1.29, 1.82) is 0 Å². The lowest BCUT2D eigenvalue weighted by Crippen LogP contribution is -2.24. The number of nitrogens with one attached hydrogen (secondary N) is 1. The molecule has 0 aliphatic heterocycles. The smallest absolute Gasteiger partial charge is 0.152 e. The first kappa shape index (κ1) is 13.9. The Morgan fingerprint density at radius 3 is 2.43 bits per heavy atom. The molecule has 5 heteroatoms. The Bertz CT molecular complexity index is 224. The van der Waals surface area contributed by atoms with E-state index < -0.39 is 9.84 Å². The molecule has 86 valence electrons. The van der Waals surface area contributed by atoms with Crippen LogP contribution in [0.5, 0.6) is 0 Å². The van der Waals surface area contributed by atoms with E-state index in [9.17, 15) is 8.42 Å². The molecule has 0 radical (unpaired) electrons. The molecule has 0 aliphatic rings. The maximum absolute atomic E-state index is 11.4. The van der Waals surface area contributed by atoms with E-state index >= 15 is 0 Å². The average molecular weight is 223 g/mol. The van der Waals surface area contributed by atoms with Crippen molar-refractivity contribution >= 4 is 9.84 Å². The molecule has 0 heterocycles. The summed E-state index contributed by atoms with van der Waals surface area (Å²) in [6, 6.07) is 0. The topological polar surface area (TPSA) is 55.4 Å². The van der Waals surface area contributed by atoms with Gasteiger partial charge in [0.1, 0.15) is 0 Å². The second-order valence-corrected chi connectivity index (χ2v) is 6.19. The molecular formula is C9H21NO3S. The normalized spacial score (nSPS) is 12.3. The first-order chi connectivity index (χ1) is 6.50. The van der Waals surface area contributed by atoms with E-state index in [1.54, 1.807) is 21.0 Å². The summed E-state index contributed by atoms with van der Waals surface area (Å²) in [6.45, 7) is 5.60. The molecule has 0 unspecified atom stereocenters. The Kier molecular flexibility index (Phi) is 7.13. The van der Waals surface area contributed by atoms with Crippen LogP contribution in [0.2, 0.25) is 0 Å². The lowest BCUT2D eigenvalue weighted by molar-refractivity contribution is 0.199. The number of rotatable bonds is 8. The summed E-state index contributed by atoms with van der Waals surface area (Å²) >= 11 is 0. The van der Waals surface area contributed by atoms with E-state index in [1.807, 2.05) is 0 Å². The molecule has 0 aromatic carbocycles. The average Bonchev–Trinajstić information content (AvgIpc) is 2.10. The van der Waals surface area contributed by atoms with Gasteiger partial charge in [0.05, 0.1) is 17.6 Å². The van der Waals surface area contributed by atoms with Crippen molar-refractivity contribution in [1.82, 2.24) is 5.32 Å². The summed E-state index contributed by atoms with van der Waals surface area (Å²) in [6.07, 6.45) is 0.671. The fraction of sp³-hybridized carbons (Fsp3) is 1.00. The van der Waals surface area contributed by atoms with Crippen LogP contribution in [0.4, 0.5) is 0 Å². The highest BCUT2D eigenvalue weighted by Gasteiger charge is 2.14. The summed E-state index contributed by atoms with van der Waals surface area (Å²) < 4.78 is 27.6. The van der Waals surface area contributed by atoms with E-state index in [2.05, 4.69) is 5.32 Å². The first-order valence-corrected chi connectivity index (χ1v) is 6.63. The molecular weight excluding hydrogens is 202 g/mol. The summed E-state index contributed by atoms with van der Waals surface area (Å²) in [7, 11) is -1.22. The van der Waals surface area contributed by atoms with Crippen LogP contribution in [0.25, 0.3) is 0 Å². The summed E-state index contributed by atoms with van der Waals surface area (Å²) in [5, 5.41) is 2.85. The van der Waals surface area contributed by atoms with Gasteiger partial charge in [-0.2, -0.15) is 0 Å². The minimum atomic E-state index is -2.86. The molecule has 0 atom stereocenters. The standard InChI is InChI=1S/C9H21NO3S/c1-9(2)14(11,12)8-4-5-10-6-7-13-3/h9-10H,4-8H2,1-3H3. The van der Waals surface area contributed by atoms with Gasteiger partial charge in [-0.1, -0.05) is 0 Å². The van der Waals surface area contributed by atoms with Crippen molar-refractivity contribution < 1.29 is 13.2 Å². The quantitative estimate of drug-likeness (QED) is 0.607. The maximum atomic E-state index is 11.4. The van der Waals surface area contributed by atoms with Gasteiger partial charge in [0.25, 0.3) is 0 Å². The Morgan fingerprint density at radius 1 is 1.29 bits per heavy atom. The molecule has 0 spiro atoms. The van der Waals surface area contributed by atoms with Gasteiger partial charge < -0.3 is 10.1 Å². The highest BCUT2D eigenvalue weighted by molar-refractivity contribution is 7.91. The van der Waals surface area contributed by atoms with Gasteiger partial charge in [-0.05, 0) is 26.8 Å². The summed E-state index contributed by atoms with van der Waals surface area (Å²) in [5.41, 5.74) is 0. The predicted molar refractivity (Wildman–Crippen MR) is 58.3 cm³/mol. The van der Waals surface area contributed by atoms with Crippen molar-refractivity contribution in [2.45, 2.75) is 25.5 Å². The fourth-order valence-corrected chi connectivity index (χ4v) is 1.95. The van der Waals surface area contributed by atoms with Gasteiger partial charge >= 0.3 is 0 Å². The Balaban J connectivity index is 3.46. The van der Waals surface area contributed by atoms with Crippen LogP contribution in [-0.4, -0.2) is 46.2 Å². The SMILES string of the molecule is COCCNCCCS(=O)(=O)C(C)C. The van der Waals surface area contributed by atoms with Crippen LogP contribution in [-0.2, 0) is 14.6 Å². The van der Waals surface area contributed by atoms with Crippen LogP contribution in [0.1, 0.15) is 20.3 Å². The van der Waals surface area contributed by atoms with Crippen LogP contribution < -0.4 is 5.32 Å². The van der Waals surface area contributed by atoms with Gasteiger partial charge in [-0.25, -0.2) is 8.42 Å². The molecule has 0 aromatic rings. The largest absolute Gasteiger partial charge is 0.383 e. The zero-order chi connectivity index (χ0) is 11.0. The third kappa shape index (κ3) is 6.34. The van der Waals surface area contributed by atoms with Crippen molar-refractivity contribution in [3.8, 4) is 0 Å². The van der Waals surface area contributed by atoms with Gasteiger partial charge in [-0.15, -0.1) is 0 Å². The fourth-order valence-electron chi connectivity index (χ4n) is 0.933. The number of ether oxygens (including phenoxy) is 1. The van der Waals surface area contributed by atoms with E-state index in [-0.39, 0.29) is 11.0 Å². The van der Waals surface area contributed by atoms with E-state index in [0.29, 0.717) is 13.0 Å². The molecule has 4 nitrogen and oxygen atoms in total. The first-order valence-electron chi connectivity index (χ1n) is 4.92. The van der Waals surface area contributed by atoms with E-state index in [0.717, 1.165) is 13.1 Å². The Labute approximate surface area is 86.9 Å². The van der Waals surface area contributed by atoms with Crippen LogP contribution in [0.3, 0.4) is 0 Å². The van der Waals surface area contributed by atoms with Crippen LogP contribution in [0.15, 0.2) is 0 Å². The highest BCUT2D eigenvalue weighted by Crippen LogP contribution is 2.01. The number of hydrogen-bond acceptors (Lipinski definition) is 4. The van der Waals surface area contributed by atoms with Crippen LogP contribution >= 0.6 is 0 Å². The second-order valence-electron chi connectivity index (χ2n) is 3.51. The molecule has 0 aromatic heterocycles. The lowest BCUT2D eigenvalue weighted by Gasteiger charge is -2.07. The Hall–Kier alpha value is -0.130. The van der Waals surface area contributed by atoms with E-state index in [1.165, 1.54) is 0 Å². The molecule has 0 saturated carbocycles. The minimum absolute atomic E-state index is 0.263. The lowest BCUT2D eigenvalue weighted by atomic mass is 10.5. The van der Waals surface area contributed by atoms with Gasteiger partial charge in [0, 0.05) is 13.7 Å². The molecule has 0 fully saturated rings. The zero-order valence-corrected chi connectivity index (χ0v) is 10.1. The molecule has 0 amide bonds.